The highest BCUT2D eigenvalue weighted by Gasteiger charge is 2.04. The molecule has 0 unspecified atom stereocenters. The number of aryl methyl sites for hydroxylation is 1. The van der Waals surface area contributed by atoms with Crippen LogP contribution < -0.4 is 11.5 Å². The van der Waals surface area contributed by atoms with E-state index in [1.807, 2.05) is 13.0 Å². The second kappa shape index (κ2) is 4.13. The van der Waals surface area contributed by atoms with Crippen LogP contribution in [0.15, 0.2) is 17.3 Å². The van der Waals surface area contributed by atoms with Crippen LogP contribution in [0.2, 0.25) is 0 Å². The molecule has 4 nitrogen and oxygen atoms in total. The van der Waals surface area contributed by atoms with Crippen LogP contribution in [0.3, 0.4) is 0 Å². The number of aromatic nitrogens is 1. The Morgan fingerprint density at radius 3 is 3.00 bits per heavy atom. The van der Waals surface area contributed by atoms with Crippen LogP contribution in [0, 0.1) is 6.92 Å². The summed E-state index contributed by atoms with van der Waals surface area (Å²) in [6.45, 7) is 1.89. The Morgan fingerprint density at radius 1 is 1.69 bits per heavy atom. The van der Waals surface area contributed by atoms with Crippen molar-refractivity contribution in [2.24, 2.45) is 5.73 Å². The number of pyridine rings is 1. The molecule has 0 radical (unpaired) electrons. The van der Waals surface area contributed by atoms with Gasteiger partial charge in [0.25, 0.3) is 0 Å². The van der Waals surface area contributed by atoms with Gasteiger partial charge in [0.15, 0.2) is 0 Å². The molecule has 0 aliphatic carbocycles. The first-order valence-electron chi connectivity index (χ1n) is 3.73. The molecule has 1 aromatic rings. The summed E-state index contributed by atoms with van der Waals surface area (Å²) in [5, 5.41) is 0.666. The third kappa shape index (κ3) is 2.62. The van der Waals surface area contributed by atoms with E-state index >= 15 is 0 Å². The summed E-state index contributed by atoms with van der Waals surface area (Å²) in [4.78, 5) is 14.5. The number of hydrogen-bond donors (Lipinski definition) is 2. The zero-order valence-corrected chi connectivity index (χ0v) is 8.10. The SMILES string of the molecule is Cc1ccnc(SCC(N)=O)c1N. The van der Waals surface area contributed by atoms with E-state index in [2.05, 4.69) is 4.98 Å². The van der Waals surface area contributed by atoms with Gasteiger partial charge in [0, 0.05) is 6.20 Å². The molecule has 0 fully saturated rings. The van der Waals surface area contributed by atoms with Crippen LogP contribution in [-0.4, -0.2) is 16.6 Å². The van der Waals surface area contributed by atoms with Gasteiger partial charge in [-0.15, -0.1) is 0 Å². The molecule has 4 N–H and O–H groups in total. The molecule has 0 atom stereocenters. The molecule has 1 heterocycles. The van der Waals surface area contributed by atoms with Crippen LogP contribution >= 0.6 is 11.8 Å². The second-order valence-electron chi connectivity index (χ2n) is 2.60. The highest BCUT2D eigenvalue weighted by atomic mass is 32.2. The van der Waals surface area contributed by atoms with Crippen molar-refractivity contribution < 1.29 is 4.79 Å². The van der Waals surface area contributed by atoms with Crippen molar-refractivity contribution in [2.45, 2.75) is 11.9 Å². The van der Waals surface area contributed by atoms with Gasteiger partial charge >= 0.3 is 0 Å². The number of nitrogens with two attached hydrogens (primary N) is 2. The predicted octanol–water partition coefficient (Wildman–Crippen LogP) is 0.550. The average Bonchev–Trinajstić information content (AvgIpc) is 2.07. The highest BCUT2D eigenvalue weighted by molar-refractivity contribution is 8.00. The fourth-order valence-electron chi connectivity index (χ4n) is 0.799. The summed E-state index contributed by atoms with van der Waals surface area (Å²) in [6.07, 6.45) is 1.66. The van der Waals surface area contributed by atoms with E-state index in [0.29, 0.717) is 10.7 Å². The molecule has 0 aliphatic heterocycles. The van der Waals surface area contributed by atoms with Gasteiger partial charge < -0.3 is 11.5 Å². The zero-order chi connectivity index (χ0) is 9.84. The lowest BCUT2D eigenvalue weighted by Gasteiger charge is -2.04. The largest absolute Gasteiger partial charge is 0.396 e. The molecular weight excluding hydrogens is 186 g/mol. The van der Waals surface area contributed by atoms with Crippen molar-refractivity contribution in [2.75, 3.05) is 11.5 Å². The molecule has 13 heavy (non-hydrogen) atoms. The lowest BCUT2D eigenvalue weighted by atomic mass is 10.3. The van der Waals surface area contributed by atoms with E-state index in [0.717, 1.165) is 5.56 Å². The minimum Gasteiger partial charge on any atom is -0.396 e. The van der Waals surface area contributed by atoms with Crippen molar-refractivity contribution in [3.05, 3.63) is 17.8 Å². The maximum atomic E-state index is 10.5. The lowest BCUT2D eigenvalue weighted by molar-refractivity contribution is -0.115. The van der Waals surface area contributed by atoms with Crippen molar-refractivity contribution >= 4 is 23.4 Å². The van der Waals surface area contributed by atoms with Crippen molar-refractivity contribution in [3.63, 3.8) is 0 Å². The number of carbonyl (C=O) groups excluding carboxylic acids is 1. The van der Waals surface area contributed by atoms with E-state index in [1.165, 1.54) is 11.8 Å². The number of primary amides is 1. The Kier molecular flexibility index (Phi) is 3.13. The van der Waals surface area contributed by atoms with Gasteiger partial charge in [-0.05, 0) is 18.6 Å². The molecule has 1 amide bonds. The Hall–Kier alpha value is -1.23. The first-order chi connectivity index (χ1) is 6.11. The maximum absolute atomic E-state index is 10.5. The number of nitrogen functional groups attached to an aromatic ring is 1. The second-order valence-corrected chi connectivity index (χ2v) is 3.57. The number of carbonyl (C=O) groups is 1. The Labute approximate surface area is 80.7 Å². The summed E-state index contributed by atoms with van der Waals surface area (Å²) in [7, 11) is 0. The Morgan fingerprint density at radius 2 is 2.38 bits per heavy atom. The summed E-state index contributed by atoms with van der Waals surface area (Å²) < 4.78 is 0. The first kappa shape index (κ1) is 9.85. The fourth-order valence-corrected chi connectivity index (χ4v) is 1.53. The normalized spacial score (nSPS) is 9.92. The van der Waals surface area contributed by atoms with Crippen LogP contribution in [0.25, 0.3) is 0 Å². The van der Waals surface area contributed by atoms with Gasteiger partial charge in [0.1, 0.15) is 5.03 Å². The van der Waals surface area contributed by atoms with Gasteiger partial charge in [0.2, 0.25) is 5.91 Å². The summed E-state index contributed by atoms with van der Waals surface area (Å²) in [5.74, 6) is -0.159. The predicted molar refractivity (Wildman–Crippen MR) is 53.3 cm³/mol. The van der Waals surface area contributed by atoms with Crippen molar-refractivity contribution in [1.82, 2.24) is 4.98 Å². The van der Waals surface area contributed by atoms with Gasteiger partial charge in [-0.2, -0.15) is 0 Å². The molecule has 0 aliphatic rings. The van der Waals surface area contributed by atoms with Crippen molar-refractivity contribution in [3.8, 4) is 0 Å². The first-order valence-corrected chi connectivity index (χ1v) is 4.72. The van der Waals surface area contributed by atoms with E-state index in [1.54, 1.807) is 6.20 Å². The average molecular weight is 197 g/mol. The third-order valence-electron chi connectivity index (χ3n) is 1.52. The van der Waals surface area contributed by atoms with Crippen LogP contribution in [0.5, 0.6) is 0 Å². The molecule has 1 aromatic heterocycles. The third-order valence-corrected chi connectivity index (χ3v) is 2.55. The minimum atomic E-state index is -0.368. The van der Waals surface area contributed by atoms with Crippen LogP contribution in [0.1, 0.15) is 5.56 Å². The standard InChI is InChI=1S/C8H11N3OS/c1-5-2-3-11-8(7(5)10)13-4-6(9)12/h2-3H,4,10H2,1H3,(H2,9,12). The maximum Gasteiger partial charge on any atom is 0.227 e. The smallest absolute Gasteiger partial charge is 0.227 e. The number of amides is 1. The van der Waals surface area contributed by atoms with E-state index in [-0.39, 0.29) is 11.7 Å². The number of hydrogen-bond acceptors (Lipinski definition) is 4. The molecule has 0 saturated carbocycles. The summed E-state index contributed by atoms with van der Waals surface area (Å²) in [6, 6.07) is 1.82. The molecule has 70 valence electrons. The lowest BCUT2D eigenvalue weighted by Crippen LogP contribution is -2.13. The minimum absolute atomic E-state index is 0.209. The quantitative estimate of drug-likeness (QED) is 0.693. The molecule has 0 bridgehead atoms. The van der Waals surface area contributed by atoms with Gasteiger partial charge in [-0.1, -0.05) is 11.8 Å². The van der Waals surface area contributed by atoms with Gasteiger partial charge in [-0.25, -0.2) is 4.98 Å². The topological polar surface area (TPSA) is 82.0 Å². The molecule has 1 rings (SSSR count). The number of thioether (sulfide) groups is 1. The zero-order valence-electron chi connectivity index (χ0n) is 7.28. The van der Waals surface area contributed by atoms with E-state index in [4.69, 9.17) is 11.5 Å². The molecule has 0 saturated heterocycles. The number of anilines is 1. The van der Waals surface area contributed by atoms with Gasteiger partial charge in [0.05, 0.1) is 11.4 Å². The van der Waals surface area contributed by atoms with Crippen LogP contribution in [-0.2, 0) is 4.79 Å². The monoisotopic (exact) mass is 197 g/mol. The molecule has 5 heteroatoms. The number of nitrogens with zero attached hydrogens (tertiary/aromatic N) is 1. The van der Waals surface area contributed by atoms with E-state index in [9.17, 15) is 4.79 Å². The summed E-state index contributed by atoms with van der Waals surface area (Å²) >= 11 is 1.26. The summed E-state index contributed by atoms with van der Waals surface area (Å²) in [5.41, 5.74) is 12.3. The van der Waals surface area contributed by atoms with Gasteiger partial charge in [-0.3, -0.25) is 4.79 Å². The Bertz CT molecular complexity index is 327. The molecule has 0 spiro atoms. The van der Waals surface area contributed by atoms with Crippen LogP contribution in [0.4, 0.5) is 5.69 Å². The highest BCUT2D eigenvalue weighted by Crippen LogP contribution is 2.24. The number of rotatable bonds is 3. The molecule has 0 aromatic carbocycles. The Balaban J connectivity index is 2.77. The fraction of sp³-hybridized carbons (Fsp3) is 0.250. The van der Waals surface area contributed by atoms with Crippen molar-refractivity contribution in [1.29, 1.82) is 0 Å². The molecular formula is C8H11N3OS. The van der Waals surface area contributed by atoms with E-state index < -0.39 is 0 Å².